The maximum absolute atomic E-state index is 11.4. The van der Waals surface area contributed by atoms with Crippen LogP contribution in [0.1, 0.15) is 13.8 Å². The number of aliphatic hydroxyl groups excluding tert-OH is 3. The predicted molar refractivity (Wildman–Crippen MR) is 53.6 cm³/mol. The lowest BCUT2D eigenvalue weighted by molar-refractivity contribution is -0.167. The van der Waals surface area contributed by atoms with E-state index in [1.54, 1.807) is 13.8 Å². The van der Waals surface area contributed by atoms with Crippen LogP contribution in [-0.4, -0.2) is 68.3 Å². The molecule has 1 amide bonds. The highest BCUT2D eigenvalue weighted by molar-refractivity contribution is 5.81. The number of aliphatic hydroxyl groups is 3. The van der Waals surface area contributed by atoms with Crippen LogP contribution in [0.3, 0.4) is 0 Å². The van der Waals surface area contributed by atoms with E-state index >= 15 is 0 Å². The van der Waals surface area contributed by atoms with Crippen molar-refractivity contribution in [3.05, 3.63) is 0 Å². The molecule has 7 nitrogen and oxygen atoms in total. The quantitative estimate of drug-likeness (QED) is 0.270. The van der Waals surface area contributed by atoms with Gasteiger partial charge in [0.2, 0.25) is 0 Å². The Bertz CT molecular complexity index is 260. The number of β-amino-alcohol motifs (C(OH)–C–C–N with tert-alkyl or cyclic N) is 1. The number of rotatable bonds is 2. The molecule has 16 heavy (non-hydrogen) atoms. The summed E-state index contributed by atoms with van der Waals surface area (Å²) in [4.78, 5) is 12.9. The second kappa shape index (κ2) is 5.07. The van der Waals surface area contributed by atoms with Gasteiger partial charge in [-0.05, 0) is 13.8 Å². The second-order valence-corrected chi connectivity index (χ2v) is 4.26. The van der Waals surface area contributed by atoms with E-state index in [1.807, 2.05) is 0 Å². The van der Waals surface area contributed by atoms with E-state index in [2.05, 4.69) is 0 Å². The molecule has 0 spiro atoms. The number of hydroxylamine groups is 1. The lowest BCUT2D eigenvalue weighted by atomic mass is 9.92. The van der Waals surface area contributed by atoms with Crippen molar-refractivity contribution in [2.24, 2.45) is 0 Å². The van der Waals surface area contributed by atoms with Crippen molar-refractivity contribution >= 4 is 5.91 Å². The fraction of sp³-hybridized carbons (Fsp3) is 0.889. The Labute approximate surface area is 93.3 Å². The summed E-state index contributed by atoms with van der Waals surface area (Å²) in [6.07, 6.45) is -3.93. The van der Waals surface area contributed by atoms with Gasteiger partial charge in [0.1, 0.15) is 18.2 Å². The molecular weight excluding hydrogens is 216 g/mol. The van der Waals surface area contributed by atoms with Gasteiger partial charge in [0.25, 0.3) is 5.91 Å². The Morgan fingerprint density at radius 2 is 1.88 bits per heavy atom. The lowest BCUT2D eigenvalue weighted by Gasteiger charge is -2.44. The number of nitrogens with one attached hydrogen (secondary N) is 1. The van der Waals surface area contributed by atoms with Gasteiger partial charge in [-0.15, -0.1) is 0 Å². The van der Waals surface area contributed by atoms with Gasteiger partial charge in [-0.25, -0.2) is 5.48 Å². The van der Waals surface area contributed by atoms with Crippen LogP contribution in [0.5, 0.6) is 0 Å². The number of hydrogen-bond acceptors (Lipinski definition) is 6. The largest absolute Gasteiger partial charge is 0.389 e. The molecule has 1 saturated heterocycles. The third kappa shape index (κ3) is 2.33. The summed E-state index contributed by atoms with van der Waals surface area (Å²) in [6.45, 7) is 3.64. The highest BCUT2D eigenvalue weighted by Gasteiger charge is 2.45. The summed E-state index contributed by atoms with van der Waals surface area (Å²) in [5.41, 5.74) is 1.45. The first-order valence-electron chi connectivity index (χ1n) is 5.14. The molecule has 0 bridgehead atoms. The number of carbonyl (C=O) groups excluding carboxylic acids is 1. The van der Waals surface area contributed by atoms with Gasteiger partial charge in [-0.2, -0.15) is 0 Å². The highest BCUT2D eigenvalue weighted by atomic mass is 16.5. The normalized spacial score (nSPS) is 36.4. The van der Waals surface area contributed by atoms with Gasteiger partial charge in [-0.3, -0.25) is 14.9 Å². The molecule has 1 aliphatic heterocycles. The van der Waals surface area contributed by atoms with Gasteiger partial charge in [0.15, 0.2) is 0 Å². The number of hydrogen-bond donors (Lipinski definition) is 5. The third-order valence-corrected chi connectivity index (χ3v) is 2.86. The number of nitrogens with zero attached hydrogens (tertiary/aromatic N) is 1. The summed E-state index contributed by atoms with van der Waals surface area (Å²) in [7, 11) is 0. The van der Waals surface area contributed by atoms with Gasteiger partial charge >= 0.3 is 0 Å². The Morgan fingerprint density at radius 3 is 2.31 bits per heavy atom. The predicted octanol–water partition coefficient (Wildman–Crippen LogP) is -2.33. The molecule has 4 atom stereocenters. The molecule has 1 heterocycles. The summed E-state index contributed by atoms with van der Waals surface area (Å²) in [6, 6.07) is -1.18. The first kappa shape index (κ1) is 13.3. The zero-order valence-corrected chi connectivity index (χ0v) is 9.24. The zero-order valence-electron chi connectivity index (χ0n) is 9.24. The van der Waals surface area contributed by atoms with Crippen molar-refractivity contribution < 1.29 is 25.3 Å². The number of amides is 1. The van der Waals surface area contributed by atoms with Crippen LogP contribution in [0, 0.1) is 0 Å². The van der Waals surface area contributed by atoms with Crippen LogP contribution >= 0.6 is 0 Å². The first-order chi connectivity index (χ1) is 7.40. The molecule has 0 aromatic heterocycles. The van der Waals surface area contributed by atoms with Crippen LogP contribution < -0.4 is 5.48 Å². The fourth-order valence-electron chi connectivity index (χ4n) is 1.95. The molecular formula is C9H18N2O5. The molecule has 94 valence electrons. The molecule has 0 aromatic rings. The molecule has 5 N–H and O–H groups in total. The monoisotopic (exact) mass is 234 g/mol. The number of piperidine rings is 1. The molecule has 1 rings (SSSR count). The highest BCUT2D eigenvalue weighted by Crippen LogP contribution is 2.21. The van der Waals surface area contributed by atoms with Gasteiger partial charge < -0.3 is 15.3 Å². The topological polar surface area (TPSA) is 113 Å². The van der Waals surface area contributed by atoms with E-state index in [0.29, 0.717) is 0 Å². The van der Waals surface area contributed by atoms with Gasteiger partial charge in [-0.1, -0.05) is 0 Å². The minimum atomic E-state index is -1.43. The molecule has 0 saturated carbocycles. The molecule has 1 aliphatic rings. The van der Waals surface area contributed by atoms with E-state index in [1.165, 1.54) is 10.4 Å². The Morgan fingerprint density at radius 1 is 1.31 bits per heavy atom. The molecule has 7 heteroatoms. The maximum atomic E-state index is 11.4. The average molecular weight is 234 g/mol. The zero-order chi connectivity index (χ0) is 12.5. The Balaban J connectivity index is 2.93. The fourth-order valence-corrected chi connectivity index (χ4v) is 1.95. The maximum Gasteiger partial charge on any atom is 0.263 e. The Kier molecular flexibility index (Phi) is 4.22. The van der Waals surface area contributed by atoms with Gasteiger partial charge in [0, 0.05) is 12.6 Å². The summed E-state index contributed by atoms with van der Waals surface area (Å²) < 4.78 is 0. The molecule has 0 unspecified atom stereocenters. The van der Waals surface area contributed by atoms with Crippen molar-refractivity contribution in [2.45, 2.75) is 44.2 Å². The first-order valence-corrected chi connectivity index (χ1v) is 5.14. The minimum Gasteiger partial charge on any atom is -0.389 e. The third-order valence-electron chi connectivity index (χ3n) is 2.86. The van der Waals surface area contributed by atoms with Crippen LogP contribution in [0.4, 0.5) is 0 Å². The SMILES string of the molecule is CC(C)N1C[C@H](O)[C@H](O)[C@@H](O)[C@@H]1C(=O)NO. The van der Waals surface area contributed by atoms with Crippen molar-refractivity contribution in [3.8, 4) is 0 Å². The van der Waals surface area contributed by atoms with E-state index in [4.69, 9.17) is 5.21 Å². The van der Waals surface area contributed by atoms with Crippen molar-refractivity contribution in [3.63, 3.8) is 0 Å². The molecule has 0 radical (unpaired) electrons. The number of likely N-dealkylation sites (tertiary alicyclic amines) is 1. The Hall–Kier alpha value is -0.730. The van der Waals surface area contributed by atoms with Crippen molar-refractivity contribution in [1.29, 1.82) is 0 Å². The van der Waals surface area contributed by atoms with Crippen molar-refractivity contribution in [2.75, 3.05) is 6.54 Å². The van der Waals surface area contributed by atoms with Crippen LogP contribution in [0.15, 0.2) is 0 Å². The van der Waals surface area contributed by atoms with Crippen LogP contribution in [0.25, 0.3) is 0 Å². The van der Waals surface area contributed by atoms with E-state index in [-0.39, 0.29) is 12.6 Å². The van der Waals surface area contributed by atoms with Crippen LogP contribution in [0.2, 0.25) is 0 Å². The van der Waals surface area contributed by atoms with E-state index in [0.717, 1.165) is 0 Å². The molecule has 1 fully saturated rings. The lowest BCUT2D eigenvalue weighted by Crippen LogP contribution is -2.66. The minimum absolute atomic E-state index is 0.0635. The molecule has 0 aliphatic carbocycles. The standard InChI is InChI=1S/C9H18N2O5/c1-4(2)11-3-5(12)7(13)8(14)6(11)9(15)10-16/h4-8,12-14,16H,3H2,1-2H3,(H,10,15)/t5-,6+,7-,8-/m0/s1. The average Bonchev–Trinajstić information content (AvgIpc) is 2.24. The van der Waals surface area contributed by atoms with E-state index < -0.39 is 30.3 Å². The van der Waals surface area contributed by atoms with Crippen molar-refractivity contribution in [1.82, 2.24) is 10.4 Å². The van der Waals surface area contributed by atoms with Crippen LogP contribution in [-0.2, 0) is 4.79 Å². The van der Waals surface area contributed by atoms with E-state index in [9.17, 15) is 20.1 Å². The number of carbonyl (C=O) groups is 1. The summed E-state index contributed by atoms with van der Waals surface area (Å²) in [5.74, 6) is -0.799. The molecule has 0 aromatic carbocycles. The van der Waals surface area contributed by atoms with Gasteiger partial charge in [0.05, 0.1) is 6.10 Å². The second-order valence-electron chi connectivity index (χ2n) is 4.26. The summed E-state index contributed by atoms with van der Waals surface area (Å²) >= 11 is 0. The summed E-state index contributed by atoms with van der Waals surface area (Å²) in [5, 5.41) is 37.2. The smallest absolute Gasteiger partial charge is 0.263 e.